The number of carbonyl (C=O) groups excluding carboxylic acids is 1. The summed E-state index contributed by atoms with van der Waals surface area (Å²) in [5, 5.41) is 4.05. The van der Waals surface area contributed by atoms with Gasteiger partial charge in [-0.05, 0) is 38.3 Å². The number of rotatable bonds is 3. The number of hydrogen-bond acceptors (Lipinski definition) is 5. The number of amides is 1. The van der Waals surface area contributed by atoms with E-state index < -0.39 is 0 Å². The lowest BCUT2D eigenvalue weighted by atomic mass is 9.93. The molecule has 1 unspecified atom stereocenters. The quantitative estimate of drug-likeness (QED) is 0.843. The summed E-state index contributed by atoms with van der Waals surface area (Å²) >= 11 is 0. The van der Waals surface area contributed by atoms with Gasteiger partial charge in [0, 0.05) is 39.4 Å². The molecule has 0 bridgehead atoms. The molecule has 1 aromatic heterocycles. The number of aromatic nitrogens is 2. The standard InChI is InChI=1S/C15H24N4O2/c1-11-16-15(17-21-11)13-5-7-19(8-6-13)10-12-3-4-14(20)18(2)9-12/h12-13H,3-10H2,1-2H3. The fraction of sp³-hybridized carbons (Fsp3) is 0.800. The maximum atomic E-state index is 11.5. The number of carbonyl (C=O) groups is 1. The number of hydrogen-bond donors (Lipinski definition) is 0. The summed E-state index contributed by atoms with van der Waals surface area (Å²) in [6.45, 7) is 6.03. The highest BCUT2D eigenvalue weighted by molar-refractivity contribution is 5.76. The monoisotopic (exact) mass is 292 g/mol. The molecule has 21 heavy (non-hydrogen) atoms. The molecule has 3 rings (SSSR count). The molecule has 2 saturated heterocycles. The van der Waals surface area contributed by atoms with Crippen molar-refractivity contribution in [2.75, 3.05) is 33.2 Å². The first-order chi connectivity index (χ1) is 10.1. The van der Waals surface area contributed by atoms with Crippen LogP contribution in [0.2, 0.25) is 0 Å². The minimum Gasteiger partial charge on any atom is -0.345 e. The maximum absolute atomic E-state index is 11.5. The third-order valence-electron chi connectivity index (χ3n) is 4.74. The predicted octanol–water partition coefficient (Wildman–Crippen LogP) is 1.43. The van der Waals surface area contributed by atoms with Gasteiger partial charge in [-0.1, -0.05) is 5.16 Å². The van der Waals surface area contributed by atoms with E-state index in [1.807, 2.05) is 18.9 Å². The molecule has 2 fully saturated rings. The minimum absolute atomic E-state index is 0.289. The Kier molecular flexibility index (Phi) is 4.24. The van der Waals surface area contributed by atoms with Gasteiger partial charge in [-0.3, -0.25) is 4.79 Å². The van der Waals surface area contributed by atoms with Crippen molar-refractivity contribution in [1.82, 2.24) is 19.9 Å². The van der Waals surface area contributed by atoms with Crippen molar-refractivity contribution in [3.63, 3.8) is 0 Å². The van der Waals surface area contributed by atoms with Gasteiger partial charge in [-0.15, -0.1) is 0 Å². The smallest absolute Gasteiger partial charge is 0.223 e. The minimum atomic E-state index is 0.289. The van der Waals surface area contributed by atoms with Gasteiger partial charge in [0.25, 0.3) is 0 Å². The molecule has 0 N–H and O–H groups in total. The second-order valence-corrected chi connectivity index (χ2v) is 6.43. The summed E-state index contributed by atoms with van der Waals surface area (Å²) in [6.07, 6.45) is 3.94. The Balaban J connectivity index is 1.47. The van der Waals surface area contributed by atoms with Gasteiger partial charge in [-0.25, -0.2) is 0 Å². The van der Waals surface area contributed by atoms with Crippen LogP contribution in [0.25, 0.3) is 0 Å². The molecule has 1 aromatic rings. The average molecular weight is 292 g/mol. The largest absolute Gasteiger partial charge is 0.345 e. The van der Waals surface area contributed by atoms with Crippen molar-refractivity contribution in [2.24, 2.45) is 5.92 Å². The van der Waals surface area contributed by atoms with Gasteiger partial charge >= 0.3 is 0 Å². The van der Waals surface area contributed by atoms with E-state index in [9.17, 15) is 4.79 Å². The third kappa shape index (κ3) is 3.43. The fourth-order valence-electron chi connectivity index (χ4n) is 3.47. The Labute approximate surface area is 125 Å². The third-order valence-corrected chi connectivity index (χ3v) is 4.74. The molecule has 0 aliphatic carbocycles. The first kappa shape index (κ1) is 14.5. The van der Waals surface area contributed by atoms with Crippen LogP contribution in [-0.4, -0.2) is 59.1 Å². The highest BCUT2D eigenvalue weighted by Gasteiger charge is 2.28. The molecule has 1 amide bonds. The number of aryl methyl sites for hydroxylation is 1. The summed E-state index contributed by atoms with van der Waals surface area (Å²) in [6, 6.07) is 0. The first-order valence-electron chi connectivity index (χ1n) is 7.88. The van der Waals surface area contributed by atoms with E-state index in [4.69, 9.17) is 4.52 Å². The fourth-order valence-corrected chi connectivity index (χ4v) is 3.47. The zero-order valence-corrected chi connectivity index (χ0v) is 12.9. The highest BCUT2D eigenvalue weighted by atomic mass is 16.5. The lowest BCUT2D eigenvalue weighted by molar-refractivity contribution is -0.133. The van der Waals surface area contributed by atoms with Crippen LogP contribution in [0.15, 0.2) is 4.52 Å². The van der Waals surface area contributed by atoms with E-state index in [1.54, 1.807) is 0 Å². The SMILES string of the molecule is Cc1nc(C2CCN(CC3CCC(=O)N(C)C3)CC2)no1. The summed E-state index contributed by atoms with van der Waals surface area (Å²) in [4.78, 5) is 20.3. The van der Waals surface area contributed by atoms with E-state index in [-0.39, 0.29) is 5.91 Å². The molecule has 6 nitrogen and oxygen atoms in total. The summed E-state index contributed by atoms with van der Waals surface area (Å²) < 4.78 is 5.08. The van der Waals surface area contributed by atoms with Crippen LogP contribution in [0, 0.1) is 12.8 Å². The second kappa shape index (κ2) is 6.13. The Bertz CT molecular complexity index is 494. The molecule has 2 aliphatic heterocycles. The van der Waals surface area contributed by atoms with Crippen LogP contribution in [0.1, 0.15) is 43.3 Å². The van der Waals surface area contributed by atoms with Gasteiger partial charge in [0.1, 0.15) is 0 Å². The Morgan fingerprint density at radius 1 is 1.29 bits per heavy atom. The topological polar surface area (TPSA) is 62.5 Å². The molecule has 116 valence electrons. The van der Waals surface area contributed by atoms with Crippen molar-refractivity contribution in [2.45, 2.75) is 38.5 Å². The van der Waals surface area contributed by atoms with Crippen molar-refractivity contribution < 1.29 is 9.32 Å². The summed E-state index contributed by atoms with van der Waals surface area (Å²) in [5.74, 6) is 2.88. The van der Waals surface area contributed by atoms with Crippen LogP contribution in [0.3, 0.4) is 0 Å². The molecule has 1 atom stereocenters. The second-order valence-electron chi connectivity index (χ2n) is 6.43. The van der Waals surface area contributed by atoms with Crippen LogP contribution < -0.4 is 0 Å². The lowest BCUT2D eigenvalue weighted by Gasteiger charge is -2.36. The predicted molar refractivity (Wildman–Crippen MR) is 77.8 cm³/mol. The van der Waals surface area contributed by atoms with Crippen molar-refractivity contribution in [1.29, 1.82) is 0 Å². The molecule has 0 radical (unpaired) electrons. The Morgan fingerprint density at radius 3 is 2.67 bits per heavy atom. The van der Waals surface area contributed by atoms with Crippen molar-refractivity contribution in [3.8, 4) is 0 Å². The molecule has 6 heteroatoms. The molecule has 3 heterocycles. The zero-order valence-electron chi connectivity index (χ0n) is 12.9. The van der Waals surface area contributed by atoms with Gasteiger partial charge in [0.05, 0.1) is 0 Å². The molecule has 2 aliphatic rings. The van der Waals surface area contributed by atoms with E-state index in [0.29, 0.717) is 24.1 Å². The molecular weight excluding hydrogens is 268 g/mol. The van der Waals surface area contributed by atoms with Crippen molar-refractivity contribution >= 4 is 5.91 Å². The molecule has 0 aromatic carbocycles. The van der Waals surface area contributed by atoms with Crippen LogP contribution in [0.4, 0.5) is 0 Å². The number of piperidine rings is 2. The highest BCUT2D eigenvalue weighted by Crippen LogP contribution is 2.27. The first-order valence-corrected chi connectivity index (χ1v) is 7.88. The van der Waals surface area contributed by atoms with E-state index in [1.165, 1.54) is 0 Å². The summed E-state index contributed by atoms with van der Waals surface area (Å²) in [7, 11) is 1.92. The van der Waals surface area contributed by atoms with E-state index >= 15 is 0 Å². The number of likely N-dealkylation sites (tertiary alicyclic amines) is 2. The molecular formula is C15H24N4O2. The van der Waals surface area contributed by atoms with Gasteiger partial charge in [-0.2, -0.15) is 4.98 Å². The van der Waals surface area contributed by atoms with Crippen LogP contribution in [0.5, 0.6) is 0 Å². The van der Waals surface area contributed by atoms with Crippen LogP contribution >= 0.6 is 0 Å². The zero-order chi connectivity index (χ0) is 14.8. The lowest BCUT2D eigenvalue weighted by Crippen LogP contribution is -2.43. The van der Waals surface area contributed by atoms with Gasteiger partial charge < -0.3 is 14.3 Å². The Hall–Kier alpha value is -1.43. The Morgan fingerprint density at radius 2 is 2.05 bits per heavy atom. The van der Waals surface area contributed by atoms with Gasteiger partial charge in [0.15, 0.2) is 5.82 Å². The van der Waals surface area contributed by atoms with Crippen LogP contribution in [-0.2, 0) is 4.79 Å². The number of nitrogens with zero attached hydrogens (tertiary/aromatic N) is 4. The average Bonchev–Trinajstić information content (AvgIpc) is 2.90. The van der Waals surface area contributed by atoms with Crippen molar-refractivity contribution in [3.05, 3.63) is 11.7 Å². The molecule has 0 saturated carbocycles. The molecule has 0 spiro atoms. The maximum Gasteiger partial charge on any atom is 0.223 e. The van der Waals surface area contributed by atoms with Gasteiger partial charge in [0.2, 0.25) is 11.8 Å². The normalized spacial score (nSPS) is 25.5. The summed E-state index contributed by atoms with van der Waals surface area (Å²) in [5.41, 5.74) is 0. The van der Waals surface area contributed by atoms with E-state index in [0.717, 1.165) is 51.3 Å². The van der Waals surface area contributed by atoms with E-state index in [2.05, 4.69) is 15.0 Å².